The summed E-state index contributed by atoms with van der Waals surface area (Å²) in [6.07, 6.45) is -1.72. The van der Waals surface area contributed by atoms with Gasteiger partial charge in [-0.2, -0.15) is 0 Å². The number of hydrogen-bond donors (Lipinski definition) is 3. The minimum atomic E-state index is -3.82. The van der Waals surface area contributed by atoms with Gasteiger partial charge in [0.1, 0.15) is 5.82 Å². The van der Waals surface area contributed by atoms with E-state index in [-0.39, 0.29) is 0 Å². The number of carboxylic acids is 1. The fourth-order valence-corrected chi connectivity index (χ4v) is 4.36. The summed E-state index contributed by atoms with van der Waals surface area (Å²) in [4.78, 5) is 26.7. The molecule has 0 fully saturated rings. The van der Waals surface area contributed by atoms with E-state index in [2.05, 4.69) is 11.8 Å². The van der Waals surface area contributed by atoms with Crippen molar-refractivity contribution in [2.75, 3.05) is 0 Å². The third kappa shape index (κ3) is 5.36. The lowest BCUT2D eigenvalue weighted by Crippen LogP contribution is -2.43. The maximum absolute atomic E-state index is 13.7. The molecule has 0 saturated carbocycles. The van der Waals surface area contributed by atoms with E-state index >= 15 is 0 Å². The molecule has 3 aromatic rings. The topological polar surface area (TPSA) is 108 Å². The van der Waals surface area contributed by atoms with Crippen LogP contribution in [-0.2, 0) is 14.8 Å². The van der Waals surface area contributed by atoms with Crippen molar-refractivity contribution in [3.63, 3.8) is 0 Å². The maximum Gasteiger partial charge on any atom is 0.334 e. The van der Waals surface area contributed by atoms with Crippen molar-refractivity contribution < 1.29 is 28.9 Å². The van der Waals surface area contributed by atoms with Gasteiger partial charge in [-0.3, -0.25) is 9.55 Å². The molecule has 3 N–H and O–H groups in total. The minimum absolute atomic E-state index is 0.332. The number of nitrogens with zero attached hydrogens (tertiary/aromatic N) is 1. The molecule has 0 aliphatic rings. The monoisotopic (exact) mass is 495 g/mol. The SMILES string of the molecule is CC(O)C(C#Cc1c(-c2ccc(F)cc2)cc(-c2ccccc2)nc1C(C)(C)C)(C(=O)O)[PH](=O)O. The van der Waals surface area contributed by atoms with Crippen molar-refractivity contribution in [2.24, 2.45) is 0 Å². The Morgan fingerprint density at radius 2 is 1.66 bits per heavy atom. The van der Waals surface area contributed by atoms with Crippen LogP contribution in [0.4, 0.5) is 4.39 Å². The number of aliphatic hydroxyl groups excluding tert-OH is 1. The third-order valence-corrected chi connectivity index (χ3v) is 7.07. The molecule has 3 rings (SSSR count). The van der Waals surface area contributed by atoms with E-state index in [0.717, 1.165) is 12.5 Å². The van der Waals surface area contributed by atoms with Crippen LogP contribution in [0.25, 0.3) is 22.4 Å². The zero-order chi connectivity index (χ0) is 26.0. The van der Waals surface area contributed by atoms with E-state index in [4.69, 9.17) is 4.98 Å². The van der Waals surface area contributed by atoms with Crippen LogP contribution in [0.1, 0.15) is 39.0 Å². The second-order valence-electron chi connectivity index (χ2n) is 9.25. The van der Waals surface area contributed by atoms with E-state index in [9.17, 15) is 28.9 Å². The van der Waals surface area contributed by atoms with Crippen molar-refractivity contribution in [1.82, 2.24) is 4.98 Å². The zero-order valence-corrected chi connectivity index (χ0v) is 20.8. The number of carbonyl (C=O) groups is 1. The van der Waals surface area contributed by atoms with E-state index in [0.29, 0.717) is 28.1 Å². The number of carboxylic acid groups (broad SMARTS) is 1. The van der Waals surface area contributed by atoms with Crippen molar-refractivity contribution in [3.8, 4) is 34.2 Å². The van der Waals surface area contributed by atoms with Crippen LogP contribution in [0.15, 0.2) is 60.7 Å². The van der Waals surface area contributed by atoms with Crippen LogP contribution >= 0.6 is 8.03 Å². The highest BCUT2D eigenvalue weighted by molar-refractivity contribution is 7.42. The standard InChI is InChI=1S/C27H27FNO5P/c1-17(30)27(25(31)32,35(33)34)15-14-21-22(18-10-12-20(28)13-11-18)16-23(19-8-6-5-7-9-19)29-24(21)26(2,3)4/h5-13,16-17,30,35H,1-4H3,(H,31,32)(H,33,34). The van der Waals surface area contributed by atoms with Gasteiger partial charge in [0.05, 0.1) is 23.1 Å². The van der Waals surface area contributed by atoms with Gasteiger partial charge in [0.2, 0.25) is 13.2 Å². The normalized spacial score (nSPS) is 14.8. The molecular weight excluding hydrogens is 468 g/mol. The van der Waals surface area contributed by atoms with Crippen molar-refractivity contribution in [3.05, 3.63) is 77.7 Å². The second-order valence-corrected chi connectivity index (χ2v) is 10.6. The Labute approximate surface area is 204 Å². The quantitative estimate of drug-likeness (QED) is 0.344. The largest absolute Gasteiger partial charge is 0.480 e. The minimum Gasteiger partial charge on any atom is -0.480 e. The average molecular weight is 495 g/mol. The first-order chi connectivity index (χ1) is 16.4. The van der Waals surface area contributed by atoms with Crippen molar-refractivity contribution in [1.29, 1.82) is 0 Å². The summed E-state index contributed by atoms with van der Waals surface area (Å²) in [7, 11) is -3.82. The van der Waals surface area contributed by atoms with Gasteiger partial charge in [-0.05, 0) is 30.7 Å². The average Bonchev–Trinajstić information content (AvgIpc) is 2.79. The highest BCUT2D eigenvalue weighted by Crippen LogP contribution is 2.40. The molecule has 8 heteroatoms. The Bertz CT molecular complexity index is 1310. The van der Waals surface area contributed by atoms with Gasteiger partial charge in [-0.25, -0.2) is 9.18 Å². The molecule has 0 aliphatic carbocycles. The highest BCUT2D eigenvalue weighted by atomic mass is 31.1. The number of hydrogen-bond acceptors (Lipinski definition) is 4. The number of aliphatic carboxylic acids is 1. The van der Waals surface area contributed by atoms with Gasteiger partial charge in [0, 0.05) is 16.5 Å². The number of aromatic nitrogens is 1. The van der Waals surface area contributed by atoms with Crippen LogP contribution in [0.5, 0.6) is 0 Å². The Balaban J connectivity index is 2.44. The van der Waals surface area contributed by atoms with Crippen LogP contribution in [0, 0.1) is 17.7 Å². The summed E-state index contributed by atoms with van der Waals surface area (Å²) >= 11 is 0. The van der Waals surface area contributed by atoms with Crippen molar-refractivity contribution in [2.45, 2.75) is 44.4 Å². The summed E-state index contributed by atoms with van der Waals surface area (Å²) in [5, 5.41) is 17.3. The number of aliphatic hydroxyl groups is 1. The van der Waals surface area contributed by atoms with E-state index in [1.807, 2.05) is 51.1 Å². The van der Waals surface area contributed by atoms with Gasteiger partial charge in [-0.1, -0.05) is 75.1 Å². The Kier molecular flexibility index (Phi) is 7.62. The number of pyridine rings is 1. The van der Waals surface area contributed by atoms with Crippen LogP contribution < -0.4 is 0 Å². The molecule has 1 aromatic heterocycles. The summed E-state index contributed by atoms with van der Waals surface area (Å²) in [5.74, 6) is 3.08. The molecule has 0 spiro atoms. The predicted molar refractivity (Wildman–Crippen MR) is 134 cm³/mol. The number of halogens is 1. The van der Waals surface area contributed by atoms with Gasteiger partial charge >= 0.3 is 5.97 Å². The highest BCUT2D eigenvalue weighted by Gasteiger charge is 2.48. The lowest BCUT2D eigenvalue weighted by atomic mass is 9.84. The molecule has 3 atom stereocenters. The summed E-state index contributed by atoms with van der Waals surface area (Å²) < 4.78 is 25.8. The Hall–Kier alpha value is -3.30. The smallest absolute Gasteiger partial charge is 0.334 e. The molecule has 2 aromatic carbocycles. The molecule has 0 radical (unpaired) electrons. The lowest BCUT2D eigenvalue weighted by molar-refractivity contribution is -0.141. The van der Waals surface area contributed by atoms with Gasteiger partial charge in [-0.15, -0.1) is 0 Å². The van der Waals surface area contributed by atoms with E-state index in [1.165, 1.54) is 12.1 Å². The molecule has 1 heterocycles. The van der Waals surface area contributed by atoms with E-state index in [1.54, 1.807) is 18.2 Å². The van der Waals surface area contributed by atoms with E-state index < -0.39 is 36.5 Å². The number of benzene rings is 2. The molecule has 0 amide bonds. The van der Waals surface area contributed by atoms with Gasteiger partial charge < -0.3 is 15.1 Å². The molecule has 35 heavy (non-hydrogen) atoms. The maximum atomic E-state index is 13.7. The molecule has 0 saturated heterocycles. The van der Waals surface area contributed by atoms with Gasteiger partial charge in [0.15, 0.2) is 0 Å². The lowest BCUT2D eigenvalue weighted by Gasteiger charge is -2.25. The molecule has 0 bridgehead atoms. The Morgan fingerprint density at radius 3 is 2.14 bits per heavy atom. The molecule has 0 aliphatic heterocycles. The van der Waals surface area contributed by atoms with Crippen LogP contribution in [-0.4, -0.2) is 37.3 Å². The first kappa shape index (κ1) is 26.3. The molecule has 6 nitrogen and oxygen atoms in total. The first-order valence-electron chi connectivity index (χ1n) is 10.9. The molecule has 3 unspecified atom stereocenters. The number of rotatable bonds is 5. The van der Waals surface area contributed by atoms with Crippen LogP contribution in [0.3, 0.4) is 0 Å². The fourth-order valence-electron chi connectivity index (χ4n) is 3.65. The zero-order valence-electron chi connectivity index (χ0n) is 19.8. The molecular formula is C27H27FNO5P. The first-order valence-corrected chi connectivity index (χ1v) is 12.3. The summed E-state index contributed by atoms with van der Waals surface area (Å²) in [6.45, 7) is 6.86. The molecule has 182 valence electrons. The van der Waals surface area contributed by atoms with Crippen molar-refractivity contribution >= 4 is 14.0 Å². The van der Waals surface area contributed by atoms with Gasteiger partial charge in [0.25, 0.3) is 0 Å². The predicted octanol–water partition coefficient (Wildman–Crippen LogP) is 4.87. The Morgan fingerprint density at radius 1 is 1.06 bits per heavy atom. The second kappa shape index (κ2) is 10.1. The third-order valence-electron chi connectivity index (χ3n) is 5.64. The summed E-state index contributed by atoms with van der Waals surface area (Å²) in [5.41, 5.74) is 2.92. The fraction of sp³-hybridized carbons (Fsp3) is 0.259. The summed E-state index contributed by atoms with van der Waals surface area (Å²) in [6, 6.07) is 17.0. The van der Waals surface area contributed by atoms with Crippen LogP contribution in [0.2, 0.25) is 0 Å².